The third-order valence-electron chi connectivity index (χ3n) is 6.46. The monoisotopic (exact) mass is 483 g/mol. The van der Waals surface area contributed by atoms with Crippen LogP contribution < -0.4 is 4.90 Å². The summed E-state index contributed by atoms with van der Waals surface area (Å²) in [6.45, 7) is 0. The van der Waals surface area contributed by atoms with E-state index in [-0.39, 0.29) is 17.1 Å². The maximum absolute atomic E-state index is 13.1. The van der Waals surface area contributed by atoms with Gasteiger partial charge in [-0.15, -0.1) is 0 Å². The SMILES string of the molecule is O=C1C(=Cc2ccc(N3c4ccccc4Sc4cccnc43)nc2)C(=O)c2cc3ccccc3cc21. The molecule has 1 aliphatic heterocycles. The molecule has 0 unspecified atom stereocenters. The average molecular weight is 484 g/mol. The van der Waals surface area contributed by atoms with Crippen LogP contribution in [0.2, 0.25) is 0 Å². The molecule has 6 heteroatoms. The van der Waals surface area contributed by atoms with Crippen LogP contribution in [0.15, 0.2) is 113 Å². The number of anilines is 3. The molecule has 0 N–H and O–H groups in total. The molecule has 170 valence electrons. The van der Waals surface area contributed by atoms with E-state index in [2.05, 4.69) is 17.1 Å². The molecule has 36 heavy (non-hydrogen) atoms. The molecule has 7 rings (SSSR count). The van der Waals surface area contributed by atoms with E-state index in [1.165, 1.54) is 0 Å². The summed E-state index contributed by atoms with van der Waals surface area (Å²) < 4.78 is 0. The molecule has 5 aromatic rings. The third kappa shape index (κ3) is 3.19. The predicted molar refractivity (Wildman–Crippen MR) is 141 cm³/mol. The molecule has 0 saturated heterocycles. The van der Waals surface area contributed by atoms with Gasteiger partial charge in [0, 0.05) is 28.4 Å². The Morgan fingerprint density at radius 3 is 2.14 bits per heavy atom. The number of nitrogens with zero attached hydrogens (tertiary/aromatic N) is 3. The maximum atomic E-state index is 13.1. The van der Waals surface area contributed by atoms with Gasteiger partial charge < -0.3 is 0 Å². The van der Waals surface area contributed by atoms with Gasteiger partial charge in [-0.1, -0.05) is 48.2 Å². The first kappa shape index (κ1) is 20.8. The van der Waals surface area contributed by atoms with Crippen LogP contribution in [0, 0.1) is 0 Å². The van der Waals surface area contributed by atoms with Gasteiger partial charge in [-0.05, 0) is 70.9 Å². The van der Waals surface area contributed by atoms with E-state index >= 15 is 0 Å². The molecule has 0 saturated carbocycles. The largest absolute Gasteiger partial charge is 0.288 e. The number of carbonyl (C=O) groups is 2. The van der Waals surface area contributed by atoms with Crippen LogP contribution in [0.25, 0.3) is 16.8 Å². The Bertz CT molecular complexity index is 1660. The van der Waals surface area contributed by atoms with Crippen molar-refractivity contribution in [2.45, 2.75) is 9.79 Å². The van der Waals surface area contributed by atoms with E-state index < -0.39 is 0 Å². The zero-order valence-electron chi connectivity index (χ0n) is 18.9. The van der Waals surface area contributed by atoms with Crippen molar-refractivity contribution in [3.63, 3.8) is 0 Å². The first-order chi connectivity index (χ1) is 17.7. The van der Waals surface area contributed by atoms with Gasteiger partial charge >= 0.3 is 0 Å². The van der Waals surface area contributed by atoms with Crippen molar-refractivity contribution < 1.29 is 9.59 Å². The van der Waals surface area contributed by atoms with Gasteiger partial charge in [0.25, 0.3) is 0 Å². The van der Waals surface area contributed by atoms with Gasteiger partial charge in [0.05, 0.1) is 16.2 Å². The molecule has 2 aliphatic rings. The van der Waals surface area contributed by atoms with Crippen molar-refractivity contribution >= 4 is 57.5 Å². The van der Waals surface area contributed by atoms with E-state index in [4.69, 9.17) is 4.98 Å². The molecular weight excluding hydrogens is 466 g/mol. The van der Waals surface area contributed by atoms with Crippen LogP contribution in [0.3, 0.4) is 0 Å². The lowest BCUT2D eigenvalue weighted by Crippen LogP contribution is -2.17. The Balaban J connectivity index is 1.26. The fraction of sp³-hybridized carbons (Fsp3) is 0. The normalized spacial score (nSPS) is 14.0. The summed E-state index contributed by atoms with van der Waals surface area (Å²) in [5, 5.41) is 1.89. The summed E-state index contributed by atoms with van der Waals surface area (Å²) in [5.74, 6) is 1.04. The lowest BCUT2D eigenvalue weighted by Gasteiger charge is -2.30. The van der Waals surface area contributed by atoms with Crippen molar-refractivity contribution in [2.24, 2.45) is 0 Å². The van der Waals surface area contributed by atoms with E-state index in [1.807, 2.05) is 77.7 Å². The van der Waals surface area contributed by atoms with Crippen molar-refractivity contribution in [1.82, 2.24) is 9.97 Å². The Morgan fingerprint density at radius 2 is 1.42 bits per heavy atom. The Kier molecular flexibility index (Phi) is 4.62. The molecule has 0 atom stereocenters. The van der Waals surface area contributed by atoms with Crippen LogP contribution >= 0.6 is 11.8 Å². The predicted octanol–water partition coefficient (Wildman–Crippen LogP) is 7.03. The van der Waals surface area contributed by atoms with Crippen LogP contribution in [-0.4, -0.2) is 21.5 Å². The summed E-state index contributed by atoms with van der Waals surface area (Å²) in [5.41, 5.74) is 2.78. The van der Waals surface area contributed by atoms with Gasteiger partial charge in [0.15, 0.2) is 17.4 Å². The number of fused-ring (bicyclic) bond motifs is 4. The lowest BCUT2D eigenvalue weighted by molar-refractivity contribution is 0.0990. The molecule has 0 amide bonds. The summed E-state index contributed by atoms with van der Waals surface area (Å²) in [6, 6.07) is 27.3. The van der Waals surface area contributed by atoms with Crippen LogP contribution in [0.1, 0.15) is 26.3 Å². The minimum atomic E-state index is -0.245. The topological polar surface area (TPSA) is 63.2 Å². The summed E-state index contributed by atoms with van der Waals surface area (Å²) in [7, 11) is 0. The third-order valence-corrected chi connectivity index (χ3v) is 7.57. The number of benzene rings is 3. The molecule has 3 heterocycles. The van der Waals surface area contributed by atoms with Crippen LogP contribution in [0.4, 0.5) is 17.3 Å². The number of aromatic nitrogens is 2. The molecule has 0 bridgehead atoms. The Labute approximate surface area is 211 Å². The zero-order chi connectivity index (χ0) is 24.2. The van der Waals surface area contributed by atoms with Crippen molar-refractivity contribution in [3.05, 3.63) is 120 Å². The van der Waals surface area contributed by atoms with E-state index in [9.17, 15) is 9.59 Å². The number of hydrogen-bond acceptors (Lipinski definition) is 6. The molecule has 0 spiro atoms. The van der Waals surface area contributed by atoms with Crippen LogP contribution in [0.5, 0.6) is 0 Å². The van der Waals surface area contributed by atoms with Gasteiger partial charge in [0.2, 0.25) is 0 Å². The number of para-hydroxylation sites is 1. The van der Waals surface area contributed by atoms with Gasteiger partial charge in [-0.25, -0.2) is 9.97 Å². The minimum absolute atomic E-state index is 0.168. The molecule has 3 aromatic carbocycles. The van der Waals surface area contributed by atoms with Gasteiger partial charge in [-0.2, -0.15) is 0 Å². The fourth-order valence-electron chi connectivity index (χ4n) is 4.74. The quantitative estimate of drug-likeness (QED) is 0.195. The van der Waals surface area contributed by atoms with Gasteiger partial charge in [-0.3, -0.25) is 14.5 Å². The fourth-order valence-corrected chi connectivity index (χ4v) is 5.77. The highest BCUT2D eigenvalue weighted by Gasteiger charge is 2.33. The minimum Gasteiger partial charge on any atom is -0.288 e. The van der Waals surface area contributed by atoms with E-state index in [1.54, 1.807) is 30.2 Å². The zero-order valence-corrected chi connectivity index (χ0v) is 19.7. The Hall–Kier alpha value is -4.55. The number of Topliss-reactive ketones (excluding diaryl/α,β-unsaturated/α-hetero) is 2. The Morgan fingerprint density at radius 1 is 0.722 bits per heavy atom. The molecule has 1 aliphatic carbocycles. The first-order valence-corrected chi connectivity index (χ1v) is 12.3. The van der Waals surface area contributed by atoms with Crippen molar-refractivity contribution in [3.8, 4) is 0 Å². The molecule has 0 fully saturated rings. The number of rotatable bonds is 2. The number of carbonyl (C=O) groups excluding carboxylic acids is 2. The number of hydrogen-bond donors (Lipinski definition) is 0. The highest BCUT2D eigenvalue weighted by molar-refractivity contribution is 7.99. The standard InChI is InChI=1S/C30H17N3O2S/c34-28-21-15-19-6-1-2-7-20(19)16-22(21)29(35)23(28)14-18-11-12-27(32-17-18)33-24-8-3-4-9-25(24)36-26-10-5-13-31-30(26)33/h1-17H. The molecule has 0 radical (unpaired) electrons. The number of ketones is 2. The number of pyridine rings is 2. The first-order valence-electron chi connectivity index (χ1n) is 11.5. The lowest BCUT2D eigenvalue weighted by atomic mass is 10.0. The summed E-state index contributed by atoms with van der Waals surface area (Å²) in [6.07, 6.45) is 5.10. The summed E-state index contributed by atoms with van der Waals surface area (Å²) >= 11 is 1.68. The molecule has 2 aromatic heterocycles. The average Bonchev–Trinajstić information content (AvgIpc) is 3.15. The highest BCUT2D eigenvalue weighted by atomic mass is 32.2. The van der Waals surface area contributed by atoms with Crippen molar-refractivity contribution in [2.75, 3.05) is 4.90 Å². The van der Waals surface area contributed by atoms with E-state index in [0.29, 0.717) is 22.5 Å². The number of allylic oxidation sites excluding steroid dienone is 1. The smallest absolute Gasteiger partial charge is 0.197 e. The molecular formula is C30H17N3O2S. The van der Waals surface area contributed by atoms with Gasteiger partial charge in [0.1, 0.15) is 5.82 Å². The van der Waals surface area contributed by atoms with E-state index in [0.717, 1.165) is 32.1 Å². The maximum Gasteiger partial charge on any atom is 0.197 e. The second kappa shape index (κ2) is 8.00. The second-order valence-corrected chi connectivity index (χ2v) is 9.73. The second-order valence-electron chi connectivity index (χ2n) is 8.64. The van der Waals surface area contributed by atoms with Crippen LogP contribution in [-0.2, 0) is 0 Å². The summed E-state index contributed by atoms with van der Waals surface area (Å²) in [4.78, 5) is 39.7. The van der Waals surface area contributed by atoms with Crippen molar-refractivity contribution in [1.29, 1.82) is 0 Å². The highest BCUT2D eigenvalue weighted by Crippen LogP contribution is 2.49. The molecule has 5 nitrogen and oxygen atoms in total.